The molecule has 0 aromatic rings. The molecule has 1 aliphatic heterocycles. The lowest BCUT2D eigenvalue weighted by molar-refractivity contribution is -0.0108. The number of morpholine rings is 1. The van der Waals surface area contributed by atoms with Crippen LogP contribution in [0, 0.1) is 0 Å². The van der Waals surface area contributed by atoms with E-state index in [0.29, 0.717) is 32.5 Å². The quantitative estimate of drug-likeness (QED) is 0.570. The SMILES string of the molecule is COCCOCCOCCC1CNCCO1. The molecule has 0 saturated carbocycles. The van der Waals surface area contributed by atoms with Gasteiger partial charge in [0.25, 0.3) is 0 Å². The molecule has 1 rings (SSSR count). The minimum absolute atomic E-state index is 0.308. The van der Waals surface area contributed by atoms with E-state index in [1.54, 1.807) is 7.11 Å². The van der Waals surface area contributed by atoms with Crippen molar-refractivity contribution in [2.45, 2.75) is 12.5 Å². The first-order valence-electron chi connectivity index (χ1n) is 5.90. The minimum atomic E-state index is 0.308. The molecule has 0 aliphatic carbocycles. The molecule has 1 saturated heterocycles. The molecule has 16 heavy (non-hydrogen) atoms. The fourth-order valence-electron chi connectivity index (χ4n) is 1.48. The molecule has 0 amide bonds. The second-order valence-electron chi connectivity index (χ2n) is 3.70. The van der Waals surface area contributed by atoms with E-state index in [9.17, 15) is 0 Å². The maximum absolute atomic E-state index is 5.55. The zero-order chi connectivity index (χ0) is 11.5. The van der Waals surface area contributed by atoms with E-state index in [1.165, 1.54) is 0 Å². The minimum Gasteiger partial charge on any atom is -0.382 e. The predicted molar refractivity (Wildman–Crippen MR) is 60.7 cm³/mol. The zero-order valence-electron chi connectivity index (χ0n) is 10.1. The Morgan fingerprint density at radius 1 is 1.12 bits per heavy atom. The van der Waals surface area contributed by atoms with Gasteiger partial charge in [-0.25, -0.2) is 0 Å². The van der Waals surface area contributed by atoms with Crippen molar-refractivity contribution in [3.63, 3.8) is 0 Å². The van der Waals surface area contributed by atoms with Crippen LogP contribution in [0.15, 0.2) is 0 Å². The highest BCUT2D eigenvalue weighted by Crippen LogP contribution is 2.01. The van der Waals surface area contributed by atoms with Gasteiger partial charge in [-0.3, -0.25) is 0 Å². The van der Waals surface area contributed by atoms with Crippen molar-refractivity contribution >= 4 is 0 Å². The molecule has 1 aliphatic rings. The van der Waals surface area contributed by atoms with Crippen molar-refractivity contribution in [2.75, 3.05) is 59.8 Å². The van der Waals surface area contributed by atoms with E-state index in [1.807, 2.05) is 0 Å². The zero-order valence-corrected chi connectivity index (χ0v) is 10.1. The Labute approximate surface area is 97.4 Å². The standard InChI is InChI=1S/C11H23NO4/c1-13-6-7-15-9-8-14-4-2-11-10-12-3-5-16-11/h11-12H,2-10H2,1H3. The van der Waals surface area contributed by atoms with Crippen LogP contribution in [0.25, 0.3) is 0 Å². The Hall–Kier alpha value is -0.200. The van der Waals surface area contributed by atoms with Gasteiger partial charge < -0.3 is 24.3 Å². The average Bonchev–Trinajstić information content (AvgIpc) is 2.34. The summed E-state index contributed by atoms with van der Waals surface area (Å²) in [6.45, 7) is 6.00. The normalized spacial score (nSPS) is 21.2. The summed E-state index contributed by atoms with van der Waals surface area (Å²) in [5.41, 5.74) is 0. The summed E-state index contributed by atoms with van der Waals surface area (Å²) < 4.78 is 21.1. The summed E-state index contributed by atoms with van der Waals surface area (Å²) in [6.07, 6.45) is 1.26. The van der Waals surface area contributed by atoms with Gasteiger partial charge in [-0.1, -0.05) is 0 Å². The molecule has 0 radical (unpaired) electrons. The summed E-state index contributed by atoms with van der Waals surface area (Å²) in [5.74, 6) is 0. The third-order valence-electron chi connectivity index (χ3n) is 2.39. The summed E-state index contributed by atoms with van der Waals surface area (Å²) in [7, 11) is 1.66. The highest BCUT2D eigenvalue weighted by atomic mass is 16.5. The molecule has 0 bridgehead atoms. The maximum Gasteiger partial charge on any atom is 0.0722 e. The van der Waals surface area contributed by atoms with E-state index >= 15 is 0 Å². The molecular formula is C11H23NO4. The predicted octanol–water partition coefficient (Wildman–Crippen LogP) is 0.0445. The molecule has 1 atom stereocenters. The van der Waals surface area contributed by atoms with Crippen molar-refractivity contribution in [2.24, 2.45) is 0 Å². The summed E-state index contributed by atoms with van der Waals surface area (Å²) in [6, 6.07) is 0. The molecular weight excluding hydrogens is 210 g/mol. The van der Waals surface area contributed by atoms with Crippen LogP contribution in [0.2, 0.25) is 0 Å². The van der Waals surface area contributed by atoms with Gasteiger partial charge in [0.2, 0.25) is 0 Å². The lowest BCUT2D eigenvalue weighted by Gasteiger charge is -2.23. The van der Waals surface area contributed by atoms with Crippen LogP contribution >= 0.6 is 0 Å². The van der Waals surface area contributed by atoms with Crippen molar-refractivity contribution in [1.82, 2.24) is 5.32 Å². The Kier molecular flexibility index (Phi) is 8.65. The van der Waals surface area contributed by atoms with Gasteiger partial charge >= 0.3 is 0 Å². The summed E-state index contributed by atoms with van der Waals surface area (Å²) >= 11 is 0. The van der Waals surface area contributed by atoms with E-state index in [-0.39, 0.29) is 0 Å². The van der Waals surface area contributed by atoms with Crippen molar-refractivity contribution in [3.05, 3.63) is 0 Å². The third kappa shape index (κ3) is 7.14. The molecule has 5 nitrogen and oxygen atoms in total. The Bertz CT molecular complexity index is 151. The lowest BCUT2D eigenvalue weighted by atomic mass is 10.2. The van der Waals surface area contributed by atoms with Gasteiger partial charge in [0, 0.05) is 26.8 Å². The highest BCUT2D eigenvalue weighted by Gasteiger charge is 2.12. The highest BCUT2D eigenvalue weighted by molar-refractivity contribution is 4.66. The number of rotatable bonds is 9. The Morgan fingerprint density at radius 3 is 2.56 bits per heavy atom. The topological polar surface area (TPSA) is 49.0 Å². The van der Waals surface area contributed by atoms with Gasteiger partial charge in [-0.2, -0.15) is 0 Å². The second-order valence-corrected chi connectivity index (χ2v) is 3.70. The first-order chi connectivity index (χ1) is 7.93. The first-order valence-corrected chi connectivity index (χ1v) is 5.90. The summed E-state index contributed by atoms with van der Waals surface area (Å²) in [5, 5.41) is 3.29. The first kappa shape index (κ1) is 13.9. The number of methoxy groups -OCH3 is 1. The van der Waals surface area contributed by atoms with Gasteiger partial charge in [-0.15, -0.1) is 0 Å². The summed E-state index contributed by atoms with van der Waals surface area (Å²) in [4.78, 5) is 0. The van der Waals surface area contributed by atoms with Crippen LogP contribution in [0.3, 0.4) is 0 Å². The van der Waals surface area contributed by atoms with E-state index in [4.69, 9.17) is 18.9 Å². The molecule has 0 aromatic heterocycles. The third-order valence-corrected chi connectivity index (χ3v) is 2.39. The van der Waals surface area contributed by atoms with Crippen LogP contribution in [0.5, 0.6) is 0 Å². The molecule has 1 heterocycles. The number of nitrogens with one attached hydrogen (secondary N) is 1. The van der Waals surface area contributed by atoms with Crippen molar-refractivity contribution in [1.29, 1.82) is 0 Å². The Balaban J connectivity index is 1.77. The molecule has 1 N–H and O–H groups in total. The van der Waals surface area contributed by atoms with Crippen LogP contribution in [-0.4, -0.2) is 65.9 Å². The molecule has 0 spiro atoms. The number of ether oxygens (including phenoxy) is 4. The van der Waals surface area contributed by atoms with Crippen LogP contribution in [0.1, 0.15) is 6.42 Å². The van der Waals surface area contributed by atoms with Crippen molar-refractivity contribution < 1.29 is 18.9 Å². The maximum atomic E-state index is 5.55. The van der Waals surface area contributed by atoms with E-state index < -0.39 is 0 Å². The fourth-order valence-corrected chi connectivity index (χ4v) is 1.48. The monoisotopic (exact) mass is 233 g/mol. The fraction of sp³-hybridized carbons (Fsp3) is 1.00. The molecule has 1 fully saturated rings. The van der Waals surface area contributed by atoms with Gasteiger partial charge in [0.15, 0.2) is 0 Å². The van der Waals surface area contributed by atoms with Gasteiger partial charge in [-0.05, 0) is 6.42 Å². The van der Waals surface area contributed by atoms with Gasteiger partial charge in [0.1, 0.15) is 0 Å². The molecule has 0 aromatic carbocycles. The molecule has 1 unspecified atom stereocenters. The van der Waals surface area contributed by atoms with Crippen LogP contribution < -0.4 is 5.32 Å². The number of hydrogen-bond donors (Lipinski definition) is 1. The molecule has 96 valence electrons. The largest absolute Gasteiger partial charge is 0.382 e. The lowest BCUT2D eigenvalue weighted by Crippen LogP contribution is -2.39. The second kappa shape index (κ2) is 9.99. The van der Waals surface area contributed by atoms with E-state index in [2.05, 4.69) is 5.32 Å². The van der Waals surface area contributed by atoms with E-state index in [0.717, 1.165) is 32.7 Å². The van der Waals surface area contributed by atoms with Crippen molar-refractivity contribution in [3.8, 4) is 0 Å². The smallest absolute Gasteiger partial charge is 0.0722 e. The van der Waals surface area contributed by atoms with Crippen LogP contribution in [-0.2, 0) is 18.9 Å². The number of hydrogen-bond acceptors (Lipinski definition) is 5. The van der Waals surface area contributed by atoms with Crippen LogP contribution in [0.4, 0.5) is 0 Å². The average molecular weight is 233 g/mol. The van der Waals surface area contributed by atoms with Gasteiger partial charge in [0.05, 0.1) is 39.1 Å². The molecule has 5 heteroatoms. The Morgan fingerprint density at radius 2 is 1.88 bits per heavy atom.